The van der Waals surface area contributed by atoms with Crippen molar-refractivity contribution in [2.45, 2.75) is 32.4 Å². The molecule has 0 aromatic heterocycles. The number of rotatable bonds is 0. The molecular formula is C6H12N2. The van der Waals surface area contributed by atoms with E-state index in [1.807, 2.05) is 0 Å². The van der Waals surface area contributed by atoms with Crippen molar-refractivity contribution in [2.24, 2.45) is 4.99 Å². The van der Waals surface area contributed by atoms with E-state index < -0.39 is 0 Å². The van der Waals surface area contributed by atoms with Gasteiger partial charge >= 0.3 is 0 Å². The van der Waals surface area contributed by atoms with Crippen LogP contribution in [0.25, 0.3) is 0 Å². The van der Waals surface area contributed by atoms with E-state index in [0.29, 0.717) is 6.04 Å². The molecule has 0 aliphatic carbocycles. The molecule has 2 heteroatoms. The van der Waals surface area contributed by atoms with Gasteiger partial charge in [-0.25, -0.2) is 0 Å². The monoisotopic (exact) mass is 112 g/mol. The highest BCUT2D eigenvalue weighted by Crippen LogP contribution is 2.14. The van der Waals surface area contributed by atoms with Crippen molar-refractivity contribution < 1.29 is 0 Å². The standard InChI is InChI=1S/C6H12N2/c1-5-6(2,3)8-4-7-5/h4-5H,1-3H3,(H,7,8). The third-order valence-corrected chi connectivity index (χ3v) is 1.78. The molecule has 0 fully saturated rings. The van der Waals surface area contributed by atoms with E-state index in [2.05, 4.69) is 31.1 Å². The van der Waals surface area contributed by atoms with Gasteiger partial charge in [-0.1, -0.05) is 0 Å². The molecule has 46 valence electrons. The summed E-state index contributed by atoms with van der Waals surface area (Å²) in [6, 6.07) is 0.419. The third-order valence-electron chi connectivity index (χ3n) is 1.78. The second-order valence-electron chi connectivity index (χ2n) is 2.82. The van der Waals surface area contributed by atoms with Crippen molar-refractivity contribution in [1.29, 1.82) is 0 Å². The Morgan fingerprint density at radius 1 is 1.62 bits per heavy atom. The van der Waals surface area contributed by atoms with Gasteiger partial charge in [0.25, 0.3) is 0 Å². The number of aliphatic imine (C=N–C) groups is 1. The van der Waals surface area contributed by atoms with Crippen LogP contribution in [0.3, 0.4) is 0 Å². The molecular weight excluding hydrogens is 100 g/mol. The van der Waals surface area contributed by atoms with E-state index in [1.54, 1.807) is 6.34 Å². The Labute approximate surface area is 50.0 Å². The van der Waals surface area contributed by atoms with Gasteiger partial charge in [-0.15, -0.1) is 0 Å². The summed E-state index contributed by atoms with van der Waals surface area (Å²) >= 11 is 0. The Morgan fingerprint density at radius 3 is 2.38 bits per heavy atom. The summed E-state index contributed by atoms with van der Waals surface area (Å²) in [5.74, 6) is 0. The van der Waals surface area contributed by atoms with Gasteiger partial charge in [-0.2, -0.15) is 0 Å². The van der Waals surface area contributed by atoms with Crippen molar-refractivity contribution in [1.82, 2.24) is 5.32 Å². The number of hydrogen-bond donors (Lipinski definition) is 1. The van der Waals surface area contributed by atoms with Crippen LogP contribution in [0.1, 0.15) is 20.8 Å². The van der Waals surface area contributed by atoms with Crippen molar-refractivity contribution in [3.63, 3.8) is 0 Å². The summed E-state index contributed by atoms with van der Waals surface area (Å²) in [4.78, 5) is 4.15. The van der Waals surface area contributed by atoms with Crippen LogP contribution in [0.2, 0.25) is 0 Å². The minimum Gasteiger partial charge on any atom is -0.369 e. The third kappa shape index (κ3) is 0.703. The van der Waals surface area contributed by atoms with Crippen molar-refractivity contribution in [3.05, 3.63) is 0 Å². The fraction of sp³-hybridized carbons (Fsp3) is 0.833. The lowest BCUT2D eigenvalue weighted by Gasteiger charge is -2.22. The van der Waals surface area contributed by atoms with Crippen LogP contribution in [-0.2, 0) is 0 Å². The van der Waals surface area contributed by atoms with E-state index in [1.165, 1.54) is 0 Å². The highest BCUT2D eigenvalue weighted by molar-refractivity contribution is 5.59. The minimum absolute atomic E-state index is 0.181. The van der Waals surface area contributed by atoms with E-state index >= 15 is 0 Å². The molecule has 1 heterocycles. The van der Waals surface area contributed by atoms with E-state index in [4.69, 9.17) is 0 Å². The fourth-order valence-corrected chi connectivity index (χ4v) is 0.622. The van der Waals surface area contributed by atoms with E-state index in [0.717, 1.165) is 0 Å². The zero-order valence-corrected chi connectivity index (χ0v) is 5.60. The summed E-state index contributed by atoms with van der Waals surface area (Å²) in [7, 11) is 0. The normalized spacial score (nSPS) is 32.6. The zero-order chi connectivity index (χ0) is 6.20. The first-order valence-electron chi connectivity index (χ1n) is 2.92. The van der Waals surface area contributed by atoms with Gasteiger partial charge in [0, 0.05) is 0 Å². The van der Waals surface area contributed by atoms with Crippen molar-refractivity contribution in [3.8, 4) is 0 Å². The fourth-order valence-electron chi connectivity index (χ4n) is 0.622. The molecule has 8 heavy (non-hydrogen) atoms. The Bertz CT molecular complexity index is 116. The lowest BCUT2D eigenvalue weighted by Crippen LogP contribution is -2.40. The number of nitrogens with one attached hydrogen (secondary N) is 1. The summed E-state index contributed by atoms with van der Waals surface area (Å²) in [5.41, 5.74) is 0.181. The molecule has 0 radical (unpaired) electrons. The molecule has 1 atom stereocenters. The summed E-state index contributed by atoms with van der Waals surface area (Å²) < 4.78 is 0. The molecule has 1 aliphatic heterocycles. The van der Waals surface area contributed by atoms with Gasteiger partial charge in [0.1, 0.15) is 0 Å². The maximum atomic E-state index is 4.15. The minimum atomic E-state index is 0.181. The van der Waals surface area contributed by atoms with Gasteiger partial charge in [0.15, 0.2) is 0 Å². The molecule has 1 N–H and O–H groups in total. The Balaban J connectivity index is 2.64. The van der Waals surface area contributed by atoms with E-state index in [-0.39, 0.29) is 5.54 Å². The molecule has 0 saturated heterocycles. The molecule has 0 saturated carbocycles. The lowest BCUT2D eigenvalue weighted by atomic mass is 9.99. The van der Waals surface area contributed by atoms with Gasteiger partial charge in [0.05, 0.1) is 17.9 Å². The van der Waals surface area contributed by atoms with Gasteiger partial charge in [-0.3, -0.25) is 4.99 Å². The zero-order valence-electron chi connectivity index (χ0n) is 5.60. The van der Waals surface area contributed by atoms with Gasteiger partial charge in [-0.05, 0) is 20.8 Å². The summed E-state index contributed by atoms with van der Waals surface area (Å²) in [5, 5.41) is 3.15. The van der Waals surface area contributed by atoms with Gasteiger partial charge in [0.2, 0.25) is 0 Å². The molecule has 0 bridgehead atoms. The molecule has 1 unspecified atom stereocenters. The quantitative estimate of drug-likeness (QED) is 0.492. The number of nitrogens with zero attached hydrogens (tertiary/aromatic N) is 1. The Morgan fingerprint density at radius 2 is 2.25 bits per heavy atom. The Hall–Kier alpha value is -0.530. The molecule has 0 aromatic carbocycles. The molecule has 0 spiro atoms. The molecule has 0 amide bonds. The van der Waals surface area contributed by atoms with Crippen LogP contribution in [0, 0.1) is 0 Å². The Kier molecular flexibility index (Phi) is 1.03. The average Bonchev–Trinajstić information content (AvgIpc) is 1.86. The smallest absolute Gasteiger partial charge is 0.0833 e. The molecule has 2 nitrogen and oxygen atoms in total. The van der Waals surface area contributed by atoms with E-state index in [9.17, 15) is 0 Å². The average molecular weight is 112 g/mol. The predicted molar refractivity (Wildman–Crippen MR) is 35.2 cm³/mol. The maximum absolute atomic E-state index is 4.15. The predicted octanol–water partition coefficient (Wildman–Crippen LogP) is 0.785. The van der Waals surface area contributed by atoms with Crippen molar-refractivity contribution in [2.75, 3.05) is 0 Å². The first-order valence-corrected chi connectivity index (χ1v) is 2.92. The second-order valence-corrected chi connectivity index (χ2v) is 2.82. The highest BCUT2D eigenvalue weighted by atomic mass is 15.1. The van der Waals surface area contributed by atoms with Crippen molar-refractivity contribution >= 4 is 6.34 Å². The first kappa shape index (κ1) is 5.60. The van der Waals surface area contributed by atoms with Crippen LogP contribution in [0.4, 0.5) is 0 Å². The highest BCUT2D eigenvalue weighted by Gasteiger charge is 2.26. The molecule has 1 aliphatic rings. The van der Waals surface area contributed by atoms with Crippen LogP contribution < -0.4 is 5.32 Å². The lowest BCUT2D eigenvalue weighted by molar-refractivity contribution is 0.423. The van der Waals surface area contributed by atoms with Gasteiger partial charge < -0.3 is 5.32 Å². The largest absolute Gasteiger partial charge is 0.369 e. The van der Waals surface area contributed by atoms with Crippen LogP contribution in [0.15, 0.2) is 4.99 Å². The van der Waals surface area contributed by atoms with Crippen LogP contribution in [0.5, 0.6) is 0 Å². The first-order chi connectivity index (χ1) is 3.63. The second kappa shape index (κ2) is 1.47. The summed E-state index contributed by atoms with van der Waals surface area (Å²) in [6.45, 7) is 6.39. The SMILES string of the molecule is CC1N=CNC1(C)C. The number of hydrogen-bond acceptors (Lipinski definition) is 2. The molecule has 1 rings (SSSR count). The maximum Gasteiger partial charge on any atom is 0.0833 e. The summed E-state index contributed by atoms with van der Waals surface area (Å²) in [6.07, 6.45) is 1.78. The van der Waals surface area contributed by atoms with Crippen LogP contribution in [-0.4, -0.2) is 17.9 Å². The molecule has 0 aromatic rings. The van der Waals surface area contributed by atoms with Crippen LogP contribution >= 0.6 is 0 Å². The topological polar surface area (TPSA) is 24.4 Å².